The van der Waals surface area contributed by atoms with Crippen LogP contribution in [0.15, 0.2) is 76.5 Å². The Balaban J connectivity index is 1.71. The Bertz CT molecular complexity index is 1170. The number of methoxy groups -OCH3 is 1. The van der Waals surface area contributed by atoms with E-state index in [0.29, 0.717) is 22.5 Å². The Kier molecular flexibility index (Phi) is 5.77. The smallest absolute Gasteiger partial charge is 0.337 e. The predicted octanol–water partition coefficient (Wildman–Crippen LogP) is 4.53. The third kappa shape index (κ3) is 4.32. The van der Waals surface area contributed by atoms with Crippen LogP contribution in [-0.4, -0.2) is 31.4 Å². The van der Waals surface area contributed by atoms with Gasteiger partial charge in [-0.05, 0) is 49.4 Å². The Labute approximate surface area is 184 Å². The number of esters is 1. The topological polar surface area (TPSA) is 75.7 Å². The molecule has 0 bridgehead atoms. The first kappa shape index (κ1) is 20.7. The molecule has 0 spiro atoms. The molecule has 1 N–H and O–H groups in total. The normalized spacial score (nSPS) is 12.5. The zero-order valence-electron chi connectivity index (χ0n) is 17.0. The minimum Gasteiger partial charge on any atom is -0.465 e. The van der Waals surface area contributed by atoms with Gasteiger partial charge >= 0.3 is 5.97 Å². The molecule has 0 aromatic heterocycles. The maximum atomic E-state index is 13.4. The fourth-order valence-corrected chi connectivity index (χ4v) is 4.36. The highest BCUT2D eigenvalue weighted by atomic mass is 32.2. The summed E-state index contributed by atoms with van der Waals surface area (Å²) in [4.78, 5) is 41.3. The molecule has 0 unspecified atom stereocenters. The van der Waals surface area contributed by atoms with E-state index in [0.717, 1.165) is 15.4 Å². The molecule has 0 radical (unpaired) electrons. The van der Waals surface area contributed by atoms with Crippen molar-refractivity contribution in [2.24, 2.45) is 0 Å². The number of amides is 2. The molecule has 3 aromatic carbocycles. The second kappa shape index (κ2) is 8.65. The van der Waals surface area contributed by atoms with Crippen LogP contribution in [0, 0.1) is 6.92 Å². The van der Waals surface area contributed by atoms with E-state index in [1.807, 2.05) is 43.3 Å². The van der Waals surface area contributed by atoms with E-state index in [9.17, 15) is 14.4 Å². The average Bonchev–Trinajstić information content (AvgIpc) is 2.89. The first-order chi connectivity index (χ1) is 15.0. The van der Waals surface area contributed by atoms with Crippen LogP contribution in [0.5, 0.6) is 0 Å². The number of carbonyl (C=O) groups is 3. The molecule has 0 aliphatic carbocycles. The van der Waals surface area contributed by atoms with Gasteiger partial charge in [0.2, 0.25) is 5.91 Å². The number of rotatable bonds is 4. The molecule has 0 saturated heterocycles. The largest absolute Gasteiger partial charge is 0.465 e. The van der Waals surface area contributed by atoms with Crippen molar-refractivity contribution < 1.29 is 19.1 Å². The lowest BCUT2D eigenvalue weighted by molar-refractivity contribution is -0.114. The van der Waals surface area contributed by atoms with Gasteiger partial charge in [-0.1, -0.05) is 41.6 Å². The number of aryl methyl sites for hydroxylation is 1. The van der Waals surface area contributed by atoms with Gasteiger partial charge < -0.3 is 10.1 Å². The van der Waals surface area contributed by atoms with E-state index in [4.69, 9.17) is 4.74 Å². The van der Waals surface area contributed by atoms with Gasteiger partial charge in [-0.2, -0.15) is 0 Å². The summed E-state index contributed by atoms with van der Waals surface area (Å²) in [6.07, 6.45) is 0. The van der Waals surface area contributed by atoms with Crippen LogP contribution in [0.4, 0.5) is 11.4 Å². The number of hydrogen-bond donors (Lipinski definition) is 1. The van der Waals surface area contributed by atoms with Crippen LogP contribution in [0.1, 0.15) is 26.3 Å². The van der Waals surface area contributed by atoms with Gasteiger partial charge in [0.25, 0.3) is 5.91 Å². The lowest BCUT2D eigenvalue weighted by Crippen LogP contribution is -2.38. The number of hydrogen-bond acceptors (Lipinski definition) is 5. The van der Waals surface area contributed by atoms with E-state index in [-0.39, 0.29) is 18.4 Å². The van der Waals surface area contributed by atoms with Crippen molar-refractivity contribution in [2.45, 2.75) is 16.7 Å². The molecule has 0 atom stereocenters. The molecule has 7 heteroatoms. The van der Waals surface area contributed by atoms with Gasteiger partial charge in [-0.3, -0.25) is 14.5 Å². The first-order valence-electron chi connectivity index (χ1n) is 9.64. The SMILES string of the molecule is COC(=O)c1ccc2c(c1)N(CC(=O)Nc1ccc(C)cc1)C(=O)c1ccccc1S2. The molecular formula is C24H20N2O4S. The summed E-state index contributed by atoms with van der Waals surface area (Å²) >= 11 is 1.43. The molecule has 156 valence electrons. The number of benzene rings is 3. The molecule has 0 fully saturated rings. The van der Waals surface area contributed by atoms with E-state index < -0.39 is 5.97 Å². The highest BCUT2D eigenvalue weighted by Crippen LogP contribution is 2.41. The zero-order valence-corrected chi connectivity index (χ0v) is 17.9. The summed E-state index contributed by atoms with van der Waals surface area (Å²) in [5, 5.41) is 2.83. The maximum Gasteiger partial charge on any atom is 0.337 e. The van der Waals surface area contributed by atoms with Crippen molar-refractivity contribution in [3.63, 3.8) is 0 Å². The zero-order chi connectivity index (χ0) is 22.0. The van der Waals surface area contributed by atoms with Crippen LogP contribution in [0.2, 0.25) is 0 Å². The third-order valence-corrected chi connectivity index (χ3v) is 6.03. The summed E-state index contributed by atoms with van der Waals surface area (Å²) < 4.78 is 4.82. The second-order valence-corrected chi connectivity index (χ2v) is 8.16. The summed E-state index contributed by atoms with van der Waals surface area (Å²) in [6, 6.07) is 19.7. The molecule has 1 aliphatic rings. The fourth-order valence-electron chi connectivity index (χ4n) is 3.30. The number of nitrogens with one attached hydrogen (secondary N) is 1. The van der Waals surface area contributed by atoms with Crippen LogP contribution in [0.25, 0.3) is 0 Å². The predicted molar refractivity (Wildman–Crippen MR) is 120 cm³/mol. The fraction of sp³-hybridized carbons (Fsp3) is 0.125. The van der Waals surface area contributed by atoms with Gasteiger partial charge in [-0.15, -0.1) is 0 Å². The van der Waals surface area contributed by atoms with E-state index in [1.165, 1.54) is 23.8 Å². The highest BCUT2D eigenvalue weighted by Gasteiger charge is 2.29. The van der Waals surface area contributed by atoms with Crippen LogP contribution in [0.3, 0.4) is 0 Å². The molecule has 6 nitrogen and oxygen atoms in total. The Morgan fingerprint density at radius 1 is 1.00 bits per heavy atom. The van der Waals surface area contributed by atoms with Gasteiger partial charge in [0.1, 0.15) is 6.54 Å². The molecule has 4 rings (SSSR count). The minimum absolute atomic E-state index is 0.195. The van der Waals surface area contributed by atoms with Gasteiger partial charge in [0.15, 0.2) is 0 Å². The summed E-state index contributed by atoms with van der Waals surface area (Å²) in [6.45, 7) is 1.77. The van der Waals surface area contributed by atoms with Gasteiger partial charge in [0, 0.05) is 15.5 Å². The molecular weight excluding hydrogens is 412 g/mol. The van der Waals surface area contributed by atoms with Crippen LogP contribution >= 0.6 is 11.8 Å². The Morgan fingerprint density at radius 3 is 2.48 bits per heavy atom. The number of nitrogens with zero attached hydrogens (tertiary/aromatic N) is 1. The Hall–Kier alpha value is -3.58. The summed E-state index contributed by atoms with van der Waals surface area (Å²) in [5.74, 6) is -1.15. The highest BCUT2D eigenvalue weighted by molar-refractivity contribution is 7.99. The minimum atomic E-state index is -0.508. The number of carbonyl (C=O) groups excluding carboxylic acids is 3. The maximum absolute atomic E-state index is 13.4. The lowest BCUT2D eigenvalue weighted by Gasteiger charge is -2.23. The van der Waals surface area contributed by atoms with Crippen LogP contribution in [-0.2, 0) is 9.53 Å². The summed E-state index contributed by atoms with van der Waals surface area (Å²) in [7, 11) is 1.30. The van der Waals surface area contributed by atoms with Gasteiger partial charge in [0.05, 0.1) is 23.9 Å². The molecule has 1 heterocycles. The standard InChI is InChI=1S/C24H20N2O4S/c1-15-7-10-17(11-8-15)25-22(27)14-26-19-13-16(24(29)30-2)9-12-21(19)31-20-6-4-3-5-18(20)23(26)28/h3-13H,14H2,1-2H3,(H,25,27). The molecule has 2 amide bonds. The van der Waals surface area contributed by atoms with Crippen molar-refractivity contribution in [1.82, 2.24) is 0 Å². The van der Waals surface area contributed by atoms with Crippen molar-refractivity contribution >= 4 is 40.9 Å². The second-order valence-electron chi connectivity index (χ2n) is 7.08. The Morgan fingerprint density at radius 2 is 1.74 bits per heavy atom. The molecule has 1 aliphatic heterocycles. The van der Waals surface area contributed by atoms with E-state index in [2.05, 4.69) is 5.32 Å². The molecule has 0 saturated carbocycles. The quantitative estimate of drug-likeness (QED) is 0.613. The molecule has 3 aromatic rings. The van der Waals surface area contributed by atoms with E-state index >= 15 is 0 Å². The monoisotopic (exact) mass is 432 g/mol. The van der Waals surface area contributed by atoms with Crippen molar-refractivity contribution in [1.29, 1.82) is 0 Å². The number of ether oxygens (including phenoxy) is 1. The number of fused-ring (bicyclic) bond motifs is 2. The molecule has 31 heavy (non-hydrogen) atoms. The van der Waals surface area contributed by atoms with Crippen molar-refractivity contribution in [3.8, 4) is 0 Å². The lowest BCUT2D eigenvalue weighted by atomic mass is 10.1. The van der Waals surface area contributed by atoms with Crippen LogP contribution < -0.4 is 10.2 Å². The first-order valence-corrected chi connectivity index (χ1v) is 10.5. The van der Waals surface area contributed by atoms with E-state index in [1.54, 1.807) is 30.3 Å². The van der Waals surface area contributed by atoms with Gasteiger partial charge in [-0.25, -0.2) is 4.79 Å². The van der Waals surface area contributed by atoms with Crippen molar-refractivity contribution in [3.05, 3.63) is 83.4 Å². The number of anilines is 2. The summed E-state index contributed by atoms with van der Waals surface area (Å²) in [5.41, 5.74) is 3.04. The average molecular weight is 433 g/mol. The third-order valence-electron chi connectivity index (χ3n) is 4.89. The van der Waals surface area contributed by atoms with Crippen molar-refractivity contribution in [2.75, 3.05) is 23.9 Å².